The van der Waals surface area contributed by atoms with Crippen molar-refractivity contribution in [2.45, 2.75) is 12.5 Å². The number of halogens is 2. The second kappa shape index (κ2) is 5.75. The largest absolute Gasteiger partial charge is 0.399 e. The monoisotopic (exact) mass is 292 g/mol. The van der Waals surface area contributed by atoms with Gasteiger partial charge in [-0.2, -0.15) is 0 Å². The van der Waals surface area contributed by atoms with E-state index in [9.17, 15) is 9.90 Å². The van der Waals surface area contributed by atoms with Gasteiger partial charge >= 0.3 is 0 Å². The van der Waals surface area contributed by atoms with Crippen LogP contribution in [0.25, 0.3) is 0 Å². The van der Waals surface area contributed by atoms with Crippen LogP contribution in [-0.4, -0.2) is 34.9 Å². The highest BCUT2D eigenvalue weighted by Crippen LogP contribution is 2.28. The smallest absolute Gasteiger partial charge is 0.253 e. The van der Waals surface area contributed by atoms with E-state index in [2.05, 4.69) is 5.32 Å². The van der Waals surface area contributed by atoms with E-state index in [1.54, 1.807) is 0 Å². The van der Waals surface area contributed by atoms with E-state index in [-0.39, 0.29) is 22.2 Å². The zero-order valence-corrected chi connectivity index (χ0v) is 11.2. The normalized spacial score (nSPS) is 14.1. The molecule has 5 N–H and O–H groups in total. The molecule has 5 nitrogen and oxygen atoms in total. The standard InChI is InChI=1S/C11H14Cl2N2O3/c1-11(18,5-16)4-15-10(17)7-2-6(14)3-8(12)9(7)13/h2-3,16,18H,4-5,14H2,1H3,(H,15,17). The number of rotatable bonds is 4. The van der Waals surface area contributed by atoms with Crippen molar-refractivity contribution >= 4 is 34.8 Å². The first-order chi connectivity index (χ1) is 8.26. The number of benzene rings is 1. The molecule has 1 aromatic carbocycles. The lowest BCUT2D eigenvalue weighted by Gasteiger charge is -2.20. The number of hydrogen-bond acceptors (Lipinski definition) is 4. The molecule has 0 aliphatic rings. The van der Waals surface area contributed by atoms with Crippen molar-refractivity contribution in [3.63, 3.8) is 0 Å². The van der Waals surface area contributed by atoms with Crippen LogP contribution in [0, 0.1) is 0 Å². The van der Waals surface area contributed by atoms with Crippen LogP contribution in [0.4, 0.5) is 5.69 Å². The summed E-state index contributed by atoms with van der Waals surface area (Å²) in [6.07, 6.45) is 0. The Hall–Kier alpha value is -1.01. The lowest BCUT2D eigenvalue weighted by molar-refractivity contribution is 0.00320. The van der Waals surface area contributed by atoms with Gasteiger partial charge < -0.3 is 21.3 Å². The number of amides is 1. The molecule has 1 aromatic rings. The first kappa shape index (κ1) is 15.0. The fraction of sp³-hybridized carbons (Fsp3) is 0.364. The number of nitrogen functional groups attached to an aromatic ring is 1. The molecule has 1 amide bonds. The molecule has 0 spiro atoms. The summed E-state index contributed by atoms with van der Waals surface area (Å²) in [7, 11) is 0. The molecule has 0 radical (unpaired) electrons. The van der Waals surface area contributed by atoms with Crippen LogP contribution in [0.2, 0.25) is 10.0 Å². The Balaban J connectivity index is 2.85. The quantitative estimate of drug-likeness (QED) is 0.624. The molecular formula is C11H14Cl2N2O3. The predicted octanol–water partition coefficient (Wildman–Crippen LogP) is 1.05. The Bertz CT molecular complexity index is 464. The Morgan fingerprint density at radius 3 is 2.67 bits per heavy atom. The fourth-order valence-electron chi connectivity index (χ4n) is 1.20. The van der Waals surface area contributed by atoms with Gasteiger partial charge in [0.05, 0.1) is 22.2 Å². The number of aliphatic hydroxyl groups is 2. The lowest BCUT2D eigenvalue weighted by Crippen LogP contribution is -2.43. The highest BCUT2D eigenvalue weighted by Gasteiger charge is 2.21. The first-order valence-electron chi connectivity index (χ1n) is 5.13. The van der Waals surface area contributed by atoms with E-state index >= 15 is 0 Å². The SMILES string of the molecule is CC(O)(CO)CNC(=O)c1cc(N)cc(Cl)c1Cl. The Labute approximate surface area is 115 Å². The number of nitrogens with one attached hydrogen (secondary N) is 1. The minimum atomic E-state index is -1.40. The molecule has 0 saturated carbocycles. The topological polar surface area (TPSA) is 95.6 Å². The molecule has 1 atom stereocenters. The van der Waals surface area contributed by atoms with E-state index in [1.807, 2.05) is 0 Å². The number of nitrogens with two attached hydrogens (primary N) is 1. The highest BCUT2D eigenvalue weighted by atomic mass is 35.5. The van der Waals surface area contributed by atoms with Gasteiger partial charge in [0.25, 0.3) is 5.91 Å². The Morgan fingerprint density at radius 1 is 1.50 bits per heavy atom. The van der Waals surface area contributed by atoms with Crippen molar-refractivity contribution in [3.05, 3.63) is 27.7 Å². The van der Waals surface area contributed by atoms with E-state index in [4.69, 9.17) is 34.0 Å². The number of carbonyl (C=O) groups excluding carboxylic acids is 1. The molecule has 7 heteroatoms. The van der Waals surface area contributed by atoms with Crippen LogP contribution in [0.3, 0.4) is 0 Å². The second-order valence-corrected chi connectivity index (χ2v) is 4.99. The van der Waals surface area contributed by atoms with E-state index < -0.39 is 18.1 Å². The average molecular weight is 293 g/mol. The number of carbonyl (C=O) groups is 1. The minimum Gasteiger partial charge on any atom is -0.399 e. The summed E-state index contributed by atoms with van der Waals surface area (Å²) in [6, 6.07) is 2.82. The maximum absolute atomic E-state index is 11.8. The van der Waals surface area contributed by atoms with Gasteiger partial charge in [0, 0.05) is 12.2 Å². The van der Waals surface area contributed by atoms with E-state index in [0.29, 0.717) is 5.69 Å². The molecular weight excluding hydrogens is 279 g/mol. The molecule has 18 heavy (non-hydrogen) atoms. The van der Waals surface area contributed by atoms with Crippen LogP contribution in [0.5, 0.6) is 0 Å². The van der Waals surface area contributed by atoms with Crippen molar-refractivity contribution in [1.82, 2.24) is 5.32 Å². The molecule has 0 heterocycles. The summed E-state index contributed by atoms with van der Waals surface area (Å²) < 4.78 is 0. The summed E-state index contributed by atoms with van der Waals surface area (Å²) in [5.74, 6) is -0.525. The summed E-state index contributed by atoms with van der Waals surface area (Å²) >= 11 is 11.7. The van der Waals surface area contributed by atoms with Gasteiger partial charge in [-0.25, -0.2) is 0 Å². The van der Waals surface area contributed by atoms with Gasteiger partial charge in [0.1, 0.15) is 5.60 Å². The minimum absolute atomic E-state index is 0.0898. The van der Waals surface area contributed by atoms with Crippen LogP contribution in [0.15, 0.2) is 12.1 Å². The molecule has 0 fully saturated rings. The maximum atomic E-state index is 11.8. The van der Waals surface area contributed by atoms with Gasteiger partial charge in [0.15, 0.2) is 0 Å². The van der Waals surface area contributed by atoms with Crippen molar-refractivity contribution in [1.29, 1.82) is 0 Å². The summed E-state index contributed by atoms with van der Waals surface area (Å²) in [4.78, 5) is 11.8. The zero-order chi connectivity index (χ0) is 13.9. The Morgan fingerprint density at radius 2 is 2.11 bits per heavy atom. The fourth-order valence-corrected chi connectivity index (χ4v) is 1.62. The molecule has 0 aliphatic carbocycles. The average Bonchev–Trinajstić information content (AvgIpc) is 2.31. The first-order valence-corrected chi connectivity index (χ1v) is 5.88. The van der Waals surface area contributed by atoms with Gasteiger partial charge in [-0.15, -0.1) is 0 Å². The molecule has 0 aliphatic heterocycles. The summed E-state index contributed by atoms with van der Waals surface area (Å²) in [6.45, 7) is 0.797. The summed E-state index contributed by atoms with van der Waals surface area (Å²) in [5, 5.41) is 21.1. The molecule has 0 bridgehead atoms. The Kier molecular flexibility index (Phi) is 4.81. The molecule has 1 rings (SSSR count). The third-order valence-electron chi connectivity index (χ3n) is 2.27. The molecule has 0 aromatic heterocycles. The summed E-state index contributed by atoms with van der Waals surface area (Å²) in [5.41, 5.74) is 4.59. The lowest BCUT2D eigenvalue weighted by atomic mass is 10.1. The predicted molar refractivity (Wildman–Crippen MR) is 70.9 cm³/mol. The van der Waals surface area contributed by atoms with E-state index in [0.717, 1.165) is 0 Å². The second-order valence-electron chi connectivity index (χ2n) is 4.20. The maximum Gasteiger partial charge on any atom is 0.253 e. The van der Waals surface area contributed by atoms with Gasteiger partial charge in [0.2, 0.25) is 0 Å². The molecule has 100 valence electrons. The van der Waals surface area contributed by atoms with E-state index in [1.165, 1.54) is 19.1 Å². The van der Waals surface area contributed by atoms with Crippen molar-refractivity contribution in [2.24, 2.45) is 0 Å². The highest BCUT2D eigenvalue weighted by molar-refractivity contribution is 6.44. The molecule has 0 saturated heterocycles. The number of aliphatic hydroxyl groups excluding tert-OH is 1. The van der Waals surface area contributed by atoms with Crippen LogP contribution in [-0.2, 0) is 0 Å². The van der Waals surface area contributed by atoms with Crippen LogP contribution < -0.4 is 11.1 Å². The number of anilines is 1. The van der Waals surface area contributed by atoms with Crippen molar-refractivity contribution in [2.75, 3.05) is 18.9 Å². The van der Waals surface area contributed by atoms with Crippen molar-refractivity contribution in [3.8, 4) is 0 Å². The van der Waals surface area contributed by atoms with Crippen LogP contribution >= 0.6 is 23.2 Å². The van der Waals surface area contributed by atoms with Gasteiger partial charge in [-0.3, -0.25) is 4.79 Å². The number of hydrogen-bond donors (Lipinski definition) is 4. The van der Waals surface area contributed by atoms with Crippen molar-refractivity contribution < 1.29 is 15.0 Å². The van der Waals surface area contributed by atoms with Crippen LogP contribution in [0.1, 0.15) is 17.3 Å². The molecule has 1 unspecified atom stereocenters. The third-order valence-corrected chi connectivity index (χ3v) is 3.07. The van der Waals surface area contributed by atoms with Gasteiger partial charge in [-0.1, -0.05) is 23.2 Å². The zero-order valence-electron chi connectivity index (χ0n) is 9.70. The third kappa shape index (κ3) is 3.74. The van der Waals surface area contributed by atoms with Gasteiger partial charge in [-0.05, 0) is 19.1 Å².